The molecule has 3 heteroatoms. The van der Waals surface area contributed by atoms with Gasteiger partial charge in [-0.2, -0.15) is 0 Å². The fourth-order valence-corrected chi connectivity index (χ4v) is 4.23. The molecule has 2 fully saturated rings. The molecule has 1 N–H and O–H groups in total. The Balaban J connectivity index is 1.50. The summed E-state index contributed by atoms with van der Waals surface area (Å²) in [5, 5.41) is 3.71. The van der Waals surface area contributed by atoms with Gasteiger partial charge in [0.2, 0.25) is 0 Å². The van der Waals surface area contributed by atoms with E-state index in [-0.39, 0.29) is 0 Å². The molecule has 128 valence electrons. The Labute approximate surface area is 142 Å². The van der Waals surface area contributed by atoms with Crippen molar-refractivity contribution >= 4 is 5.69 Å². The molecule has 3 rings (SSSR count). The summed E-state index contributed by atoms with van der Waals surface area (Å²) in [4.78, 5) is 4.97. The van der Waals surface area contributed by atoms with E-state index in [1.165, 1.54) is 69.3 Å². The zero-order valence-electron chi connectivity index (χ0n) is 15.0. The molecule has 0 unspecified atom stereocenters. The molecule has 1 heterocycles. The zero-order chi connectivity index (χ0) is 16.1. The predicted molar refractivity (Wildman–Crippen MR) is 99.1 cm³/mol. The topological polar surface area (TPSA) is 18.5 Å². The third kappa shape index (κ3) is 4.07. The van der Waals surface area contributed by atoms with Crippen molar-refractivity contribution in [2.24, 2.45) is 0 Å². The molecule has 23 heavy (non-hydrogen) atoms. The lowest BCUT2D eigenvalue weighted by atomic mass is 9.96. The van der Waals surface area contributed by atoms with Gasteiger partial charge >= 0.3 is 0 Å². The first-order chi connectivity index (χ1) is 11.2. The summed E-state index contributed by atoms with van der Waals surface area (Å²) in [6.45, 7) is 4.54. The number of piperidine rings is 1. The molecular formula is C20H33N3. The third-order valence-corrected chi connectivity index (χ3v) is 5.92. The number of rotatable bonds is 6. The molecule has 0 atom stereocenters. The van der Waals surface area contributed by atoms with E-state index >= 15 is 0 Å². The van der Waals surface area contributed by atoms with Gasteiger partial charge in [0.05, 0.1) is 0 Å². The smallest absolute Gasteiger partial charge is 0.0366 e. The molecule has 0 aromatic heterocycles. The van der Waals surface area contributed by atoms with E-state index in [4.69, 9.17) is 0 Å². The second-order valence-corrected chi connectivity index (χ2v) is 7.64. The van der Waals surface area contributed by atoms with Gasteiger partial charge in [0.15, 0.2) is 0 Å². The van der Waals surface area contributed by atoms with Crippen LogP contribution in [-0.2, 0) is 6.54 Å². The number of nitrogens with one attached hydrogen (secondary N) is 1. The predicted octanol–water partition coefficient (Wildman–Crippen LogP) is 3.64. The molecule has 1 saturated carbocycles. The van der Waals surface area contributed by atoms with Crippen LogP contribution in [0, 0.1) is 0 Å². The van der Waals surface area contributed by atoms with Crippen molar-refractivity contribution in [2.45, 2.75) is 57.0 Å². The van der Waals surface area contributed by atoms with Gasteiger partial charge in [-0.25, -0.2) is 0 Å². The number of benzene rings is 1. The molecule has 1 aromatic carbocycles. The van der Waals surface area contributed by atoms with E-state index < -0.39 is 0 Å². The second kappa shape index (κ2) is 7.67. The molecule has 0 bridgehead atoms. The summed E-state index contributed by atoms with van der Waals surface area (Å²) < 4.78 is 0. The van der Waals surface area contributed by atoms with Gasteiger partial charge in [-0.1, -0.05) is 25.0 Å². The van der Waals surface area contributed by atoms with Crippen LogP contribution in [0.3, 0.4) is 0 Å². The highest BCUT2D eigenvalue weighted by Gasteiger charge is 2.35. The van der Waals surface area contributed by atoms with Crippen molar-refractivity contribution in [3.63, 3.8) is 0 Å². The highest BCUT2D eigenvalue weighted by atomic mass is 15.2. The fraction of sp³-hybridized carbons (Fsp3) is 0.700. The van der Waals surface area contributed by atoms with Gasteiger partial charge in [-0.15, -0.1) is 0 Å². The highest BCUT2D eigenvalue weighted by Crippen LogP contribution is 2.33. The summed E-state index contributed by atoms with van der Waals surface area (Å²) in [6, 6.07) is 9.21. The average Bonchev–Trinajstić information content (AvgIpc) is 3.07. The Bertz CT molecular complexity index is 468. The van der Waals surface area contributed by atoms with E-state index in [2.05, 4.69) is 53.5 Å². The van der Waals surface area contributed by atoms with Crippen LogP contribution in [0.1, 0.15) is 50.5 Å². The van der Waals surface area contributed by atoms with Crippen LogP contribution < -0.4 is 10.2 Å². The van der Waals surface area contributed by atoms with Crippen LogP contribution in [0.5, 0.6) is 0 Å². The van der Waals surface area contributed by atoms with Crippen LogP contribution in [-0.4, -0.2) is 44.2 Å². The van der Waals surface area contributed by atoms with E-state index in [0.717, 1.165) is 13.1 Å². The van der Waals surface area contributed by atoms with E-state index in [1.54, 1.807) is 0 Å². The summed E-state index contributed by atoms with van der Waals surface area (Å²) in [5.74, 6) is 0. The molecule has 0 amide bonds. The van der Waals surface area contributed by atoms with Gasteiger partial charge < -0.3 is 15.1 Å². The largest absolute Gasteiger partial charge is 0.372 e. The Hall–Kier alpha value is -1.06. The Kier molecular flexibility index (Phi) is 5.60. The molecule has 0 spiro atoms. The minimum absolute atomic E-state index is 0.383. The third-order valence-electron chi connectivity index (χ3n) is 5.92. The molecule has 1 aliphatic carbocycles. The quantitative estimate of drug-likeness (QED) is 0.864. The van der Waals surface area contributed by atoms with Crippen molar-refractivity contribution in [3.05, 3.63) is 29.8 Å². The number of hydrogen-bond donors (Lipinski definition) is 1. The van der Waals surface area contributed by atoms with Crippen molar-refractivity contribution < 1.29 is 0 Å². The molecular weight excluding hydrogens is 282 g/mol. The molecule has 2 aliphatic rings. The lowest BCUT2D eigenvalue weighted by molar-refractivity contribution is 0.153. The van der Waals surface area contributed by atoms with Crippen LogP contribution in [0.15, 0.2) is 24.3 Å². The second-order valence-electron chi connectivity index (χ2n) is 7.64. The first kappa shape index (κ1) is 16.8. The molecule has 1 aromatic rings. The molecule has 3 nitrogen and oxygen atoms in total. The van der Waals surface area contributed by atoms with Crippen LogP contribution in [0.4, 0.5) is 5.69 Å². The van der Waals surface area contributed by atoms with E-state index in [1.807, 2.05) is 0 Å². The number of likely N-dealkylation sites (N-methyl/N-ethyl adjacent to an activating group) is 1. The molecule has 1 saturated heterocycles. The number of nitrogens with zero attached hydrogens (tertiary/aromatic N) is 2. The monoisotopic (exact) mass is 315 g/mol. The minimum Gasteiger partial charge on any atom is -0.372 e. The van der Waals surface area contributed by atoms with Crippen molar-refractivity contribution in [2.75, 3.05) is 38.6 Å². The summed E-state index contributed by atoms with van der Waals surface area (Å²) in [5.41, 5.74) is 3.18. The summed E-state index contributed by atoms with van der Waals surface area (Å²) in [6.07, 6.45) is 9.51. The first-order valence-electron chi connectivity index (χ1n) is 9.42. The lowest BCUT2D eigenvalue weighted by Crippen LogP contribution is -2.49. The van der Waals surface area contributed by atoms with Gasteiger partial charge in [0.1, 0.15) is 0 Å². The average molecular weight is 316 g/mol. The van der Waals surface area contributed by atoms with E-state index in [9.17, 15) is 0 Å². The summed E-state index contributed by atoms with van der Waals surface area (Å²) in [7, 11) is 4.47. The van der Waals surface area contributed by atoms with Gasteiger partial charge in [0.25, 0.3) is 0 Å². The van der Waals surface area contributed by atoms with Gasteiger partial charge in [-0.05, 0) is 63.9 Å². The zero-order valence-corrected chi connectivity index (χ0v) is 15.0. The standard InChI is InChI=1S/C20H33N3/c1-22(2)20(12-4-5-13-20)17-21-16-18-8-10-19(11-9-18)23-14-6-3-7-15-23/h8-11,21H,3-7,12-17H2,1-2H3. The number of anilines is 1. The maximum atomic E-state index is 3.71. The Morgan fingerprint density at radius 2 is 1.61 bits per heavy atom. The Morgan fingerprint density at radius 1 is 0.957 bits per heavy atom. The van der Waals surface area contributed by atoms with Gasteiger partial charge in [0, 0.05) is 37.4 Å². The van der Waals surface area contributed by atoms with E-state index in [0.29, 0.717) is 5.54 Å². The summed E-state index contributed by atoms with van der Waals surface area (Å²) >= 11 is 0. The molecule has 0 radical (unpaired) electrons. The van der Waals surface area contributed by atoms with Crippen molar-refractivity contribution in [1.82, 2.24) is 10.2 Å². The van der Waals surface area contributed by atoms with Crippen molar-refractivity contribution in [3.8, 4) is 0 Å². The highest BCUT2D eigenvalue weighted by molar-refractivity contribution is 5.47. The normalized spacial score (nSPS) is 21.1. The van der Waals surface area contributed by atoms with Crippen LogP contribution in [0.2, 0.25) is 0 Å². The van der Waals surface area contributed by atoms with Crippen molar-refractivity contribution in [1.29, 1.82) is 0 Å². The lowest BCUT2D eigenvalue weighted by Gasteiger charge is -2.36. The minimum atomic E-state index is 0.383. The Morgan fingerprint density at radius 3 is 2.22 bits per heavy atom. The van der Waals surface area contributed by atoms with Crippen LogP contribution in [0.25, 0.3) is 0 Å². The fourth-order valence-electron chi connectivity index (χ4n) is 4.23. The maximum absolute atomic E-state index is 3.71. The number of hydrogen-bond acceptors (Lipinski definition) is 3. The SMILES string of the molecule is CN(C)C1(CNCc2ccc(N3CCCCC3)cc2)CCCC1. The van der Waals surface area contributed by atoms with Crippen LogP contribution >= 0.6 is 0 Å². The first-order valence-corrected chi connectivity index (χ1v) is 9.42. The maximum Gasteiger partial charge on any atom is 0.0366 e. The van der Waals surface area contributed by atoms with Gasteiger partial charge in [-0.3, -0.25) is 0 Å². The molecule has 1 aliphatic heterocycles.